The van der Waals surface area contributed by atoms with E-state index in [-0.39, 0.29) is 23.6 Å². The number of nitrogens with zero attached hydrogens (tertiary/aromatic N) is 1. The van der Waals surface area contributed by atoms with Crippen LogP contribution in [0.15, 0.2) is 101 Å². The first-order valence-corrected chi connectivity index (χ1v) is 12.7. The summed E-state index contributed by atoms with van der Waals surface area (Å²) in [5.74, 6) is 0.431. The van der Waals surface area contributed by atoms with Crippen LogP contribution in [0.1, 0.15) is 25.2 Å². The van der Waals surface area contributed by atoms with Gasteiger partial charge in [-0.05, 0) is 73.0 Å². The van der Waals surface area contributed by atoms with Crippen LogP contribution in [0.3, 0.4) is 0 Å². The number of hydrogen-bond acceptors (Lipinski definition) is 7. The molecule has 3 aromatic carbocycles. The zero-order valence-corrected chi connectivity index (χ0v) is 22.1. The van der Waals surface area contributed by atoms with Crippen molar-refractivity contribution in [1.82, 2.24) is 5.32 Å². The maximum Gasteiger partial charge on any atom is 0.352 e. The second kappa shape index (κ2) is 13.5. The molecule has 1 aromatic heterocycles. The van der Waals surface area contributed by atoms with Crippen molar-refractivity contribution in [1.29, 1.82) is 5.26 Å². The number of benzene rings is 3. The van der Waals surface area contributed by atoms with Gasteiger partial charge in [0, 0.05) is 0 Å². The van der Waals surface area contributed by atoms with Gasteiger partial charge in [0.2, 0.25) is 0 Å². The number of furan rings is 1. The van der Waals surface area contributed by atoms with Gasteiger partial charge >= 0.3 is 5.97 Å². The highest BCUT2D eigenvalue weighted by molar-refractivity contribution is 6.01. The van der Waals surface area contributed by atoms with E-state index in [1.165, 1.54) is 12.3 Å². The molecule has 1 unspecified atom stereocenters. The molecule has 0 radical (unpaired) electrons. The fourth-order valence-electron chi connectivity index (χ4n) is 3.76. The third kappa shape index (κ3) is 7.39. The fourth-order valence-corrected chi connectivity index (χ4v) is 3.76. The molecule has 0 aliphatic rings. The van der Waals surface area contributed by atoms with E-state index in [1.54, 1.807) is 56.3 Å². The minimum absolute atomic E-state index is 0.0981. The third-order valence-electron chi connectivity index (χ3n) is 5.76. The van der Waals surface area contributed by atoms with Gasteiger partial charge in [-0.3, -0.25) is 4.79 Å². The molecule has 0 aliphatic heterocycles. The monoisotopic (exact) mass is 536 g/mol. The average molecular weight is 537 g/mol. The highest BCUT2D eigenvalue weighted by atomic mass is 16.6. The number of amides is 1. The van der Waals surface area contributed by atoms with Crippen LogP contribution in [0.25, 0.3) is 17.2 Å². The number of nitrogens with one attached hydrogen (secondary N) is 1. The lowest BCUT2D eigenvalue weighted by Crippen LogP contribution is -2.28. The van der Waals surface area contributed by atoms with Gasteiger partial charge in [0.05, 0.1) is 19.4 Å². The minimum atomic E-state index is -0.889. The molecular weight excluding hydrogens is 508 g/mol. The largest absolute Gasteiger partial charge is 0.490 e. The summed E-state index contributed by atoms with van der Waals surface area (Å²) >= 11 is 0. The lowest BCUT2D eigenvalue weighted by atomic mass is 10.1. The molecule has 0 saturated carbocycles. The van der Waals surface area contributed by atoms with Gasteiger partial charge in [-0.25, -0.2) is 4.79 Å². The van der Waals surface area contributed by atoms with Gasteiger partial charge in [0.25, 0.3) is 5.91 Å². The summed E-state index contributed by atoms with van der Waals surface area (Å²) in [7, 11) is 0. The molecular formula is C32H28N2O6. The molecule has 4 rings (SSSR count). The second-order valence-electron chi connectivity index (χ2n) is 8.64. The highest BCUT2D eigenvalue weighted by Gasteiger charge is 2.20. The molecule has 40 heavy (non-hydrogen) atoms. The molecule has 1 amide bonds. The number of carbonyl (C=O) groups excluding carboxylic acids is 2. The van der Waals surface area contributed by atoms with Gasteiger partial charge in [0.15, 0.2) is 17.6 Å². The highest BCUT2D eigenvalue weighted by Crippen LogP contribution is 2.30. The Balaban J connectivity index is 1.41. The molecule has 4 aromatic rings. The number of nitriles is 1. The van der Waals surface area contributed by atoms with E-state index in [1.807, 2.05) is 48.5 Å². The Labute approximate surface area is 232 Å². The Bertz CT molecular complexity index is 1500. The quantitative estimate of drug-likeness (QED) is 0.109. The average Bonchev–Trinajstić information content (AvgIpc) is 3.50. The van der Waals surface area contributed by atoms with E-state index in [0.717, 1.165) is 11.1 Å². The Hall–Kier alpha value is -5.29. The molecule has 8 heteroatoms. The first-order valence-electron chi connectivity index (χ1n) is 12.7. The minimum Gasteiger partial charge on any atom is -0.490 e. The summed E-state index contributed by atoms with van der Waals surface area (Å²) in [6, 6.07) is 27.5. The van der Waals surface area contributed by atoms with Crippen LogP contribution in [0, 0.1) is 11.3 Å². The summed E-state index contributed by atoms with van der Waals surface area (Å²) < 4.78 is 22.2. The number of carbonyl (C=O) groups is 2. The van der Waals surface area contributed by atoms with Gasteiger partial charge in [-0.1, -0.05) is 48.5 Å². The van der Waals surface area contributed by atoms with Crippen molar-refractivity contribution in [2.45, 2.75) is 26.5 Å². The number of rotatable bonds is 11. The molecule has 8 nitrogen and oxygen atoms in total. The summed E-state index contributed by atoms with van der Waals surface area (Å²) in [5, 5.41) is 12.1. The molecule has 0 saturated heterocycles. The lowest BCUT2D eigenvalue weighted by Gasteiger charge is -2.16. The molecule has 0 spiro atoms. The Morgan fingerprint density at radius 3 is 2.40 bits per heavy atom. The van der Waals surface area contributed by atoms with E-state index in [9.17, 15) is 14.9 Å². The van der Waals surface area contributed by atoms with E-state index in [0.29, 0.717) is 23.7 Å². The van der Waals surface area contributed by atoms with Crippen molar-refractivity contribution < 1.29 is 28.2 Å². The summed E-state index contributed by atoms with van der Waals surface area (Å²) in [4.78, 5) is 25.3. The summed E-state index contributed by atoms with van der Waals surface area (Å²) in [5.41, 5.74) is 2.54. The van der Waals surface area contributed by atoms with E-state index < -0.39 is 18.0 Å². The first kappa shape index (κ1) is 27.7. The third-order valence-corrected chi connectivity index (χ3v) is 5.76. The molecule has 0 fully saturated rings. The van der Waals surface area contributed by atoms with Crippen LogP contribution in [-0.4, -0.2) is 24.6 Å². The standard InChI is InChI=1S/C32H28N2O6/c1-3-37-30-19-23(18-26(20-33)31(35)34-21-28-10-7-17-38-28)11-16-29(30)40-32(36)22(2)39-27-14-12-25(13-15-27)24-8-5-4-6-9-24/h4-19,22H,3,21H2,1-2H3,(H,34,35)/b26-18+. The lowest BCUT2D eigenvalue weighted by molar-refractivity contribution is -0.141. The molecule has 0 aliphatic carbocycles. The fraction of sp³-hybridized carbons (Fsp3) is 0.156. The van der Waals surface area contributed by atoms with Crippen LogP contribution in [0.2, 0.25) is 0 Å². The maximum absolute atomic E-state index is 12.8. The summed E-state index contributed by atoms with van der Waals surface area (Å²) in [6.07, 6.45) is 2.04. The van der Waals surface area contributed by atoms with Crippen LogP contribution in [0.5, 0.6) is 17.2 Å². The van der Waals surface area contributed by atoms with E-state index >= 15 is 0 Å². The van der Waals surface area contributed by atoms with Crippen LogP contribution < -0.4 is 19.5 Å². The van der Waals surface area contributed by atoms with E-state index in [4.69, 9.17) is 18.6 Å². The molecule has 202 valence electrons. The molecule has 0 bridgehead atoms. The van der Waals surface area contributed by atoms with Crippen molar-refractivity contribution in [3.63, 3.8) is 0 Å². The molecule has 1 heterocycles. The summed E-state index contributed by atoms with van der Waals surface area (Å²) in [6.45, 7) is 3.86. The Morgan fingerprint density at radius 2 is 1.73 bits per heavy atom. The SMILES string of the molecule is CCOc1cc(/C=C(\C#N)C(=O)NCc2ccco2)ccc1OC(=O)C(C)Oc1ccc(-c2ccccc2)cc1. The predicted molar refractivity (Wildman–Crippen MR) is 149 cm³/mol. The van der Waals surface area contributed by atoms with Crippen molar-refractivity contribution in [2.75, 3.05) is 6.61 Å². The van der Waals surface area contributed by atoms with Crippen molar-refractivity contribution in [2.24, 2.45) is 0 Å². The maximum atomic E-state index is 12.8. The van der Waals surface area contributed by atoms with Crippen molar-refractivity contribution in [3.8, 4) is 34.4 Å². The van der Waals surface area contributed by atoms with Gasteiger partial charge < -0.3 is 23.9 Å². The smallest absolute Gasteiger partial charge is 0.352 e. The zero-order chi connectivity index (χ0) is 28.3. The number of hydrogen-bond donors (Lipinski definition) is 1. The molecule has 1 N–H and O–H groups in total. The zero-order valence-electron chi connectivity index (χ0n) is 22.1. The van der Waals surface area contributed by atoms with Gasteiger partial charge in [0.1, 0.15) is 23.2 Å². The van der Waals surface area contributed by atoms with Crippen LogP contribution in [-0.2, 0) is 16.1 Å². The normalized spacial score (nSPS) is 11.7. The van der Waals surface area contributed by atoms with Crippen molar-refractivity contribution >= 4 is 18.0 Å². The number of esters is 1. The van der Waals surface area contributed by atoms with Crippen LogP contribution in [0.4, 0.5) is 0 Å². The number of ether oxygens (including phenoxy) is 3. The Morgan fingerprint density at radius 1 is 0.975 bits per heavy atom. The Kier molecular flexibility index (Phi) is 9.35. The van der Waals surface area contributed by atoms with Gasteiger partial charge in [-0.15, -0.1) is 0 Å². The van der Waals surface area contributed by atoms with Crippen LogP contribution >= 0.6 is 0 Å². The second-order valence-corrected chi connectivity index (χ2v) is 8.64. The first-order chi connectivity index (χ1) is 19.5. The van der Waals surface area contributed by atoms with Crippen molar-refractivity contribution in [3.05, 3.63) is 108 Å². The van der Waals surface area contributed by atoms with E-state index in [2.05, 4.69) is 5.32 Å². The topological polar surface area (TPSA) is 111 Å². The van der Waals surface area contributed by atoms with Gasteiger partial charge in [-0.2, -0.15) is 5.26 Å². The predicted octanol–water partition coefficient (Wildman–Crippen LogP) is 5.94. The molecule has 1 atom stereocenters.